The topological polar surface area (TPSA) is 44.5 Å². The van der Waals surface area contributed by atoms with Crippen LogP contribution < -0.4 is 15.2 Å². The Bertz CT molecular complexity index is 645. The summed E-state index contributed by atoms with van der Waals surface area (Å²) in [6.07, 6.45) is 2.05. The van der Waals surface area contributed by atoms with Gasteiger partial charge in [-0.25, -0.2) is 0 Å². The van der Waals surface area contributed by atoms with Gasteiger partial charge in [0.05, 0.1) is 6.04 Å². The summed E-state index contributed by atoms with van der Waals surface area (Å²) in [6.45, 7) is 1.09. The largest absolute Gasteiger partial charge is 0.486 e. The Morgan fingerprint density at radius 3 is 2.33 bits per heavy atom. The molecule has 3 rings (SSSR count). The number of benzene rings is 2. The van der Waals surface area contributed by atoms with E-state index in [0.29, 0.717) is 29.7 Å². The minimum Gasteiger partial charge on any atom is -0.486 e. The van der Waals surface area contributed by atoms with Crippen molar-refractivity contribution in [1.82, 2.24) is 0 Å². The Kier molecular flexibility index (Phi) is 4.29. The van der Waals surface area contributed by atoms with Crippen molar-refractivity contribution >= 4 is 23.4 Å². The van der Waals surface area contributed by atoms with E-state index in [0.717, 1.165) is 11.1 Å². The minimum atomic E-state index is -0.288. The zero-order valence-electron chi connectivity index (χ0n) is 11.6. The molecule has 2 N–H and O–H groups in total. The summed E-state index contributed by atoms with van der Waals surface area (Å²) < 4.78 is 11.1. The first-order valence-electron chi connectivity index (χ1n) is 6.67. The monoisotopic (exact) mass is 321 g/mol. The molecular formula is C16H16ClNO2S. The normalized spacial score (nSPS) is 14.8. The number of halogens is 1. The van der Waals surface area contributed by atoms with Crippen LogP contribution in [0.4, 0.5) is 0 Å². The molecule has 2 aromatic carbocycles. The van der Waals surface area contributed by atoms with Gasteiger partial charge in [0.15, 0.2) is 11.5 Å². The van der Waals surface area contributed by atoms with E-state index in [-0.39, 0.29) is 6.04 Å². The Morgan fingerprint density at radius 1 is 1.10 bits per heavy atom. The molecule has 3 nitrogen and oxygen atoms in total. The van der Waals surface area contributed by atoms with Crippen LogP contribution in [0.5, 0.6) is 11.5 Å². The molecule has 5 heteroatoms. The quantitative estimate of drug-likeness (QED) is 0.871. The molecular weight excluding hydrogens is 306 g/mol. The molecule has 0 saturated heterocycles. The van der Waals surface area contributed by atoms with E-state index in [2.05, 4.69) is 12.1 Å². The van der Waals surface area contributed by atoms with Gasteiger partial charge in [-0.15, -0.1) is 11.8 Å². The van der Waals surface area contributed by atoms with E-state index in [1.165, 1.54) is 4.90 Å². The number of thioether (sulfide) groups is 1. The molecule has 1 heterocycles. The fourth-order valence-electron chi connectivity index (χ4n) is 2.31. The van der Waals surface area contributed by atoms with E-state index in [1.54, 1.807) is 17.8 Å². The first kappa shape index (κ1) is 14.6. The average molecular weight is 322 g/mol. The van der Waals surface area contributed by atoms with Crippen molar-refractivity contribution in [3.8, 4) is 11.5 Å². The lowest BCUT2D eigenvalue weighted by Gasteiger charge is -2.22. The van der Waals surface area contributed by atoms with Gasteiger partial charge >= 0.3 is 0 Å². The van der Waals surface area contributed by atoms with Crippen LogP contribution in [-0.2, 0) is 0 Å². The lowest BCUT2D eigenvalue weighted by atomic mass is 9.99. The number of rotatable bonds is 3. The van der Waals surface area contributed by atoms with Crippen molar-refractivity contribution in [2.45, 2.75) is 10.9 Å². The Hall–Kier alpha value is -1.36. The summed E-state index contributed by atoms with van der Waals surface area (Å²) in [5.74, 6) is 1.39. The second-order valence-electron chi connectivity index (χ2n) is 4.77. The van der Waals surface area contributed by atoms with Gasteiger partial charge in [0, 0.05) is 16.0 Å². The fourth-order valence-corrected chi connectivity index (χ4v) is 2.99. The summed E-state index contributed by atoms with van der Waals surface area (Å²) in [7, 11) is 0. The third kappa shape index (κ3) is 2.98. The van der Waals surface area contributed by atoms with E-state index in [9.17, 15) is 0 Å². The van der Waals surface area contributed by atoms with Gasteiger partial charge in [-0.3, -0.25) is 0 Å². The molecule has 1 unspecified atom stereocenters. The van der Waals surface area contributed by atoms with Gasteiger partial charge in [-0.2, -0.15) is 0 Å². The van der Waals surface area contributed by atoms with Gasteiger partial charge < -0.3 is 15.2 Å². The summed E-state index contributed by atoms with van der Waals surface area (Å²) >= 11 is 8.05. The lowest BCUT2D eigenvalue weighted by Crippen LogP contribution is -2.17. The highest BCUT2D eigenvalue weighted by Gasteiger charge is 2.19. The maximum absolute atomic E-state index is 6.35. The Morgan fingerprint density at radius 2 is 1.71 bits per heavy atom. The maximum atomic E-state index is 6.35. The van der Waals surface area contributed by atoms with Crippen LogP contribution in [0.2, 0.25) is 5.02 Å². The molecule has 0 aromatic heterocycles. The fraction of sp³-hybridized carbons (Fsp3) is 0.250. The summed E-state index contributed by atoms with van der Waals surface area (Å²) in [6, 6.07) is 11.6. The van der Waals surface area contributed by atoms with Gasteiger partial charge in [0.2, 0.25) is 0 Å². The van der Waals surface area contributed by atoms with E-state index >= 15 is 0 Å². The van der Waals surface area contributed by atoms with Crippen LogP contribution in [0.3, 0.4) is 0 Å². The summed E-state index contributed by atoms with van der Waals surface area (Å²) in [4.78, 5) is 1.21. The number of ether oxygens (including phenoxy) is 2. The SMILES string of the molecule is CSc1ccc(C(N)c2cc3c(cc2Cl)OCCO3)cc1. The molecule has 0 fully saturated rings. The first-order chi connectivity index (χ1) is 10.2. The van der Waals surface area contributed by atoms with Crippen molar-refractivity contribution in [2.75, 3.05) is 19.5 Å². The summed E-state index contributed by atoms with van der Waals surface area (Å²) in [5, 5.41) is 0.598. The van der Waals surface area contributed by atoms with Crippen molar-refractivity contribution in [3.63, 3.8) is 0 Å². The van der Waals surface area contributed by atoms with Crippen LogP contribution in [0.25, 0.3) is 0 Å². The molecule has 0 radical (unpaired) electrons. The first-order valence-corrected chi connectivity index (χ1v) is 8.28. The van der Waals surface area contributed by atoms with Crippen LogP contribution in [0.1, 0.15) is 17.2 Å². The predicted molar refractivity (Wildman–Crippen MR) is 86.7 cm³/mol. The lowest BCUT2D eigenvalue weighted by molar-refractivity contribution is 0.171. The molecule has 0 spiro atoms. The molecule has 0 amide bonds. The number of hydrogen-bond donors (Lipinski definition) is 1. The van der Waals surface area contributed by atoms with Crippen LogP contribution in [0.15, 0.2) is 41.3 Å². The van der Waals surface area contributed by atoms with Crippen molar-refractivity contribution < 1.29 is 9.47 Å². The van der Waals surface area contributed by atoms with Gasteiger partial charge in [-0.1, -0.05) is 23.7 Å². The molecule has 1 aliphatic heterocycles. The molecule has 0 aliphatic carbocycles. The van der Waals surface area contributed by atoms with Gasteiger partial charge in [0.25, 0.3) is 0 Å². The highest BCUT2D eigenvalue weighted by atomic mass is 35.5. The number of nitrogens with two attached hydrogens (primary N) is 1. The molecule has 0 saturated carbocycles. The number of fused-ring (bicyclic) bond motifs is 1. The van der Waals surface area contributed by atoms with E-state index in [1.807, 2.05) is 24.5 Å². The number of hydrogen-bond acceptors (Lipinski definition) is 4. The van der Waals surface area contributed by atoms with Gasteiger partial charge in [0.1, 0.15) is 13.2 Å². The molecule has 1 aliphatic rings. The van der Waals surface area contributed by atoms with Crippen molar-refractivity contribution in [2.24, 2.45) is 5.73 Å². The van der Waals surface area contributed by atoms with Crippen molar-refractivity contribution in [3.05, 3.63) is 52.5 Å². The average Bonchev–Trinajstić information content (AvgIpc) is 2.53. The molecule has 21 heavy (non-hydrogen) atoms. The molecule has 2 aromatic rings. The van der Waals surface area contributed by atoms with Crippen molar-refractivity contribution in [1.29, 1.82) is 0 Å². The predicted octanol–water partition coefficient (Wildman–Crippen LogP) is 3.88. The highest BCUT2D eigenvalue weighted by molar-refractivity contribution is 7.98. The second-order valence-corrected chi connectivity index (χ2v) is 6.06. The third-order valence-corrected chi connectivity index (χ3v) is 4.54. The zero-order chi connectivity index (χ0) is 14.8. The third-order valence-electron chi connectivity index (χ3n) is 3.47. The van der Waals surface area contributed by atoms with Crippen LogP contribution >= 0.6 is 23.4 Å². The van der Waals surface area contributed by atoms with E-state index < -0.39 is 0 Å². The molecule has 110 valence electrons. The zero-order valence-corrected chi connectivity index (χ0v) is 13.2. The Balaban J connectivity index is 1.94. The Labute approximate surface area is 133 Å². The van der Waals surface area contributed by atoms with Crippen LogP contribution in [-0.4, -0.2) is 19.5 Å². The highest BCUT2D eigenvalue weighted by Crippen LogP contribution is 2.38. The second kappa shape index (κ2) is 6.18. The summed E-state index contributed by atoms with van der Waals surface area (Å²) in [5.41, 5.74) is 8.22. The standard InChI is InChI=1S/C16H16ClNO2S/c1-21-11-4-2-10(3-5-11)16(18)12-8-14-15(9-13(12)17)20-7-6-19-14/h2-5,8-9,16H,6-7,18H2,1H3. The maximum Gasteiger partial charge on any atom is 0.162 e. The minimum absolute atomic E-state index is 0.288. The van der Waals surface area contributed by atoms with E-state index in [4.69, 9.17) is 26.8 Å². The van der Waals surface area contributed by atoms with Crippen LogP contribution in [0, 0.1) is 0 Å². The smallest absolute Gasteiger partial charge is 0.162 e. The molecule has 1 atom stereocenters. The van der Waals surface area contributed by atoms with Gasteiger partial charge in [-0.05, 0) is 35.6 Å². The molecule has 0 bridgehead atoms.